The number of nitrogens with zero attached hydrogens (tertiary/aromatic N) is 3. The molecule has 1 amide bonds. The molecule has 0 saturated heterocycles. The van der Waals surface area contributed by atoms with Gasteiger partial charge >= 0.3 is 12.1 Å². The standard InChI is InChI=1S/C16H17F3N4O3/c1-15(2,14(25)26)7-8-20-13(24)11-9-23(22-21-11)12-6-4-3-5-10(12)16(17,18)19/h3-6,9H,7-8H2,1-2H3,(H,20,24)(H,25,26). The van der Waals surface area contributed by atoms with E-state index in [-0.39, 0.29) is 24.3 Å². The number of carbonyl (C=O) groups excluding carboxylic acids is 1. The van der Waals surface area contributed by atoms with E-state index in [9.17, 15) is 22.8 Å². The van der Waals surface area contributed by atoms with E-state index in [1.807, 2.05) is 0 Å². The van der Waals surface area contributed by atoms with E-state index in [0.717, 1.165) is 16.9 Å². The summed E-state index contributed by atoms with van der Waals surface area (Å²) in [6.07, 6.45) is -3.31. The predicted octanol–water partition coefficient (Wildman–Crippen LogP) is 2.52. The predicted molar refractivity (Wildman–Crippen MR) is 84.7 cm³/mol. The van der Waals surface area contributed by atoms with Crippen molar-refractivity contribution in [3.63, 3.8) is 0 Å². The molecule has 0 aliphatic heterocycles. The fraction of sp³-hybridized carbons (Fsp3) is 0.375. The molecular weight excluding hydrogens is 353 g/mol. The lowest BCUT2D eigenvalue weighted by molar-refractivity contribution is -0.147. The van der Waals surface area contributed by atoms with Crippen LogP contribution in [0.2, 0.25) is 0 Å². The van der Waals surface area contributed by atoms with Gasteiger partial charge in [0.25, 0.3) is 5.91 Å². The van der Waals surface area contributed by atoms with E-state index in [0.29, 0.717) is 0 Å². The third-order valence-electron chi connectivity index (χ3n) is 3.80. The summed E-state index contributed by atoms with van der Waals surface area (Å²) in [5.74, 6) is -1.65. The van der Waals surface area contributed by atoms with Gasteiger partial charge in [0, 0.05) is 6.54 Å². The van der Waals surface area contributed by atoms with Gasteiger partial charge in [-0.25, -0.2) is 4.68 Å². The number of aliphatic carboxylic acids is 1. The number of carboxylic acids is 1. The number of benzene rings is 1. The molecule has 0 radical (unpaired) electrons. The molecule has 1 aromatic heterocycles. The van der Waals surface area contributed by atoms with Crippen LogP contribution >= 0.6 is 0 Å². The molecule has 2 N–H and O–H groups in total. The van der Waals surface area contributed by atoms with Crippen molar-refractivity contribution >= 4 is 11.9 Å². The summed E-state index contributed by atoms with van der Waals surface area (Å²) in [5.41, 5.74) is -2.34. The smallest absolute Gasteiger partial charge is 0.418 e. The second-order valence-corrected chi connectivity index (χ2v) is 6.26. The minimum atomic E-state index is -4.58. The number of para-hydroxylation sites is 1. The van der Waals surface area contributed by atoms with Crippen LogP contribution in [0.25, 0.3) is 5.69 Å². The van der Waals surface area contributed by atoms with Gasteiger partial charge < -0.3 is 10.4 Å². The highest BCUT2D eigenvalue weighted by Gasteiger charge is 2.34. The second-order valence-electron chi connectivity index (χ2n) is 6.26. The third kappa shape index (κ3) is 4.38. The van der Waals surface area contributed by atoms with Crippen molar-refractivity contribution in [1.82, 2.24) is 20.3 Å². The SMILES string of the molecule is CC(C)(CCNC(=O)c1cn(-c2ccccc2C(F)(F)F)nn1)C(=O)O. The molecule has 26 heavy (non-hydrogen) atoms. The Kier molecular flexibility index (Phi) is 5.33. The van der Waals surface area contributed by atoms with Crippen LogP contribution in [-0.4, -0.2) is 38.5 Å². The average Bonchev–Trinajstić information content (AvgIpc) is 3.03. The molecule has 0 bridgehead atoms. The highest BCUT2D eigenvalue weighted by molar-refractivity contribution is 5.91. The van der Waals surface area contributed by atoms with Crippen LogP contribution in [0.1, 0.15) is 36.3 Å². The van der Waals surface area contributed by atoms with Crippen LogP contribution < -0.4 is 5.32 Å². The van der Waals surface area contributed by atoms with E-state index in [4.69, 9.17) is 5.11 Å². The van der Waals surface area contributed by atoms with E-state index in [2.05, 4.69) is 15.6 Å². The highest BCUT2D eigenvalue weighted by Crippen LogP contribution is 2.33. The van der Waals surface area contributed by atoms with Crippen LogP contribution in [0.3, 0.4) is 0 Å². The molecular formula is C16H17F3N4O3. The first-order valence-electron chi connectivity index (χ1n) is 7.63. The van der Waals surface area contributed by atoms with E-state index in [1.54, 1.807) is 0 Å². The molecule has 0 unspecified atom stereocenters. The maximum atomic E-state index is 13.1. The van der Waals surface area contributed by atoms with Crippen molar-refractivity contribution in [3.05, 3.63) is 41.7 Å². The van der Waals surface area contributed by atoms with Gasteiger partial charge in [-0.05, 0) is 32.4 Å². The number of hydrogen-bond acceptors (Lipinski definition) is 4. The second kappa shape index (κ2) is 7.14. The molecule has 0 fully saturated rings. The maximum Gasteiger partial charge on any atom is 0.418 e. The number of carboxylic acid groups (broad SMARTS) is 1. The van der Waals surface area contributed by atoms with E-state index < -0.39 is 29.0 Å². The molecule has 0 spiro atoms. The zero-order chi connectivity index (χ0) is 19.5. The summed E-state index contributed by atoms with van der Waals surface area (Å²) in [6.45, 7) is 3.11. The Labute approximate surface area is 146 Å². The molecule has 1 aromatic carbocycles. The summed E-state index contributed by atoms with van der Waals surface area (Å²) >= 11 is 0. The average molecular weight is 370 g/mol. The molecule has 0 aliphatic rings. The van der Waals surface area contributed by atoms with Gasteiger partial charge in [0.05, 0.1) is 22.9 Å². The van der Waals surface area contributed by atoms with Crippen LogP contribution in [0.15, 0.2) is 30.5 Å². The van der Waals surface area contributed by atoms with Gasteiger partial charge in [-0.1, -0.05) is 17.3 Å². The van der Waals surface area contributed by atoms with Crippen molar-refractivity contribution in [1.29, 1.82) is 0 Å². The number of hydrogen-bond donors (Lipinski definition) is 2. The van der Waals surface area contributed by atoms with Gasteiger partial charge in [0.2, 0.25) is 0 Å². The molecule has 2 rings (SSSR count). The Morgan fingerprint density at radius 1 is 1.23 bits per heavy atom. The summed E-state index contributed by atoms with van der Waals surface area (Å²) < 4.78 is 40.0. The molecule has 10 heteroatoms. The van der Waals surface area contributed by atoms with Crippen molar-refractivity contribution in [3.8, 4) is 5.69 Å². The lowest BCUT2D eigenvalue weighted by atomic mass is 9.90. The summed E-state index contributed by atoms with van der Waals surface area (Å²) in [5, 5.41) is 18.7. The first-order valence-corrected chi connectivity index (χ1v) is 7.63. The minimum Gasteiger partial charge on any atom is -0.481 e. The summed E-state index contributed by atoms with van der Waals surface area (Å²) in [6, 6.07) is 4.79. The molecule has 2 aromatic rings. The zero-order valence-electron chi connectivity index (χ0n) is 14.0. The number of halogens is 3. The van der Waals surface area contributed by atoms with E-state index >= 15 is 0 Å². The van der Waals surface area contributed by atoms with Gasteiger partial charge in [-0.3, -0.25) is 9.59 Å². The molecule has 1 heterocycles. The number of rotatable bonds is 6. The van der Waals surface area contributed by atoms with Gasteiger partial charge in [-0.15, -0.1) is 5.10 Å². The topological polar surface area (TPSA) is 97.1 Å². The van der Waals surface area contributed by atoms with Crippen molar-refractivity contribution < 1.29 is 27.9 Å². The van der Waals surface area contributed by atoms with Crippen LogP contribution in [0.4, 0.5) is 13.2 Å². The number of alkyl halides is 3. The summed E-state index contributed by atoms with van der Waals surface area (Å²) in [4.78, 5) is 23.0. The normalized spacial score (nSPS) is 12.0. The first kappa shape index (κ1) is 19.4. The number of amides is 1. The van der Waals surface area contributed by atoms with Crippen molar-refractivity contribution in [2.75, 3.05) is 6.54 Å². The Morgan fingerprint density at radius 3 is 2.50 bits per heavy atom. The quantitative estimate of drug-likeness (QED) is 0.814. The van der Waals surface area contributed by atoms with Crippen LogP contribution in [-0.2, 0) is 11.0 Å². The Morgan fingerprint density at radius 2 is 1.88 bits per heavy atom. The maximum absolute atomic E-state index is 13.1. The third-order valence-corrected chi connectivity index (χ3v) is 3.80. The highest BCUT2D eigenvalue weighted by atomic mass is 19.4. The molecule has 7 nitrogen and oxygen atoms in total. The van der Waals surface area contributed by atoms with E-state index in [1.165, 1.54) is 32.0 Å². The molecule has 0 atom stereocenters. The van der Waals surface area contributed by atoms with Crippen molar-refractivity contribution in [2.24, 2.45) is 5.41 Å². The lowest BCUT2D eigenvalue weighted by Gasteiger charge is -2.18. The van der Waals surface area contributed by atoms with Gasteiger partial charge in [-0.2, -0.15) is 13.2 Å². The number of aromatic nitrogens is 3. The molecule has 140 valence electrons. The van der Waals surface area contributed by atoms with Gasteiger partial charge in [0.1, 0.15) is 0 Å². The zero-order valence-corrected chi connectivity index (χ0v) is 14.0. The molecule has 0 aliphatic carbocycles. The minimum absolute atomic E-state index is 0.0735. The fourth-order valence-electron chi connectivity index (χ4n) is 2.08. The Balaban J connectivity index is 2.11. The largest absolute Gasteiger partial charge is 0.481 e. The summed E-state index contributed by atoms with van der Waals surface area (Å²) in [7, 11) is 0. The Bertz CT molecular complexity index is 815. The Hall–Kier alpha value is -2.91. The number of carbonyl (C=O) groups is 2. The molecule has 0 saturated carbocycles. The van der Waals surface area contributed by atoms with Crippen LogP contribution in [0.5, 0.6) is 0 Å². The van der Waals surface area contributed by atoms with Gasteiger partial charge in [0.15, 0.2) is 5.69 Å². The first-order chi connectivity index (χ1) is 12.0. The lowest BCUT2D eigenvalue weighted by Crippen LogP contribution is -2.32. The van der Waals surface area contributed by atoms with Crippen LogP contribution in [0, 0.1) is 5.41 Å². The van der Waals surface area contributed by atoms with Crippen molar-refractivity contribution in [2.45, 2.75) is 26.4 Å². The number of nitrogens with one attached hydrogen (secondary N) is 1. The fourth-order valence-corrected chi connectivity index (χ4v) is 2.08. The monoisotopic (exact) mass is 370 g/mol.